The zero-order valence-electron chi connectivity index (χ0n) is 15.6. The summed E-state index contributed by atoms with van der Waals surface area (Å²) in [4.78, 5) is 11.8. The number of phenols is 1. The molecule has 0 saturated carbocycles. The molecule has 0 radical (unpaired) electrons. The fourth-order valence-electron chi connectivity index (χ4n) is 4.47. The third-order valence-electron chi connectivity index (χ3n) is 5.73. The predicted octanol–water partition coefficient (Wildman–Crippen LogP) is 5.04. The molecular formula is C21H28O4. The van der Waals surface area contributed by atoms with E-state index in [9.17, 15) is 15.0 Å². The summed E-state index contributed by atoms with van der Waals surface area (Å²) < 4.78 is 6.38. The van der Waals surface area contributed by atoms with Crippen LogP contribution in [-0.2, 0) is 6.42 Å². The molecule has 0 amide bonds. The number of carboxylic acid groups (broad SMARTS) is 1. The number of hydrogen-bond donors (Lipinski definition) is 2. The molecule has 2 aliphatic rings. The maximum absolute atomic E-state index is 11.8. The van der Waals surface area contributed by atoms with Gasteiger partial charge in [-0.25, -0.2) is 4.79 Å². The smallest absolute Gasteiger partial charge is 0.339 e. The number of benzene rings is 1. The number of aromatic hydroxyl groups is 1. The first-order chi connectivity index (χ1) is 11.8. The maximum Gasteiger partial charge on any atom is 0.339 e. The first kappa shape index (κ1) is 17.8. The van der Waals surface area contributed by atoms with Gasteiger partial charge < -0.3 is 14.9 Å². The molecule has 0 aromatic heterocycles. The molecule has 0 spiro atoms. The van der Waals surface area contributed by atoms with Gasteiger partial charge in [0.1, 0.15) is 22.7 Å². The van der Waals surface area contributed by atoms with Crippen LogP contribution in [-0.4, -0.2) is 21.8 Å². The molecule has 1 aliphatic heterocycles. The largest absolute Gasteiger partial charge is 0.507 e. The summed E-state index contributed by atoms with van der Waals surface area (Å²) in [7, 11) is 0. The SMILES string of the molecule is CCCCCc1cc2c(c(O)c1C(=O)O)C1CC(C)=CC1(C(C)C)O2. The van der Waals surface area contributed by atoms with Gasteiger partial charge in [-0.1, -0.05) is 39.2 Å². The summed E-state index contributed by atoms with van der Waals surface area (Å²) in [6.45, 7) is 8.42. The predicted molar refractivity (Wildman–Crippen MR) is 97.6 cm³/mol. The highest BCUT2D eigenvalue weighted by Gasteiger charge is 2.54. The van der Waals surface area contributed by atoms with Gasteiger partial charge in [-0.15, -0.1) is 0 Å². The molecule has 1 aromatic carbocycles. The van der Waals surface area contributed by atoms with E-state index in [1.807, 2.05) is 6.07 Å². The van der Waals surface area contributed by atoms with Gasteiger partial charge in [0.2, 0.25) is 0 Å². The molecule has 0 bridgehead atoms. The Hall–Kier alpha value is -1.97. The van der Waals surface area contributed by atoms with Gasteiger partial charge in [0.15, 0.2) is 0 Å². The first-order valence-electron chi connectivity index (χ1n) is 9.31. The van der Waals surface area contributed by atoms with Crippen LogP contribution in [0.5, 0.6) is 11.5 Å². The van der Waals surface area contributed by atoms with Crippen LogP contribution in [0.15, 0.2) is 17.7 Å². The van der Waals surface area contributed by atoms with E-state index in [0.29, 0.717) is 23.3 Å². The van der Waals surface area contributed by atoms with Crippen molar-refractivity contribution in [2.45, 2.75) is 71.3 Å². The van der Waals surface area contributed by atoms with Gasteiger partial charge in [-0.2, -0.15) is 0 Å². The molecule has 1 heterocycles. The summed E-state index contributed by atoms with van der Waals surface area (Å²) in [6, 6.07) is 1.86. The van der Waals surface area contributed by atoms with Crippen LogP contribution in [0.25, 0.3) is 0 Å². The van der Waals surface area contributed by atoms with Gasteiger partial charge in [0.25, 0.3) is 0 Å². The van der Waals surface area contributed by atoms with E-state index in [2.05, 4.69) is 33.8 Å². The molecule has 2 atom stereocenters. The molecular weight excluding hydrogens is 316 g/mol. The molecule has 4 nitrogen and oxygen atoms in total. The van der Waals surface area contributed by atoms with Crippen LogP contribution < -0.4 is 4.74 Å². The molecule has 2 unspecified atom stereocenters. The summed E-state index contributed by atoms with van der Waals surface area (Å²) in [5, 5.41) is 20.5. The molecule has 25 heavy (non-hydrogen) atoms. The van der Waals surface area contributed by atoms with Crippen molar-refractivity contribution in [3.05, 3.63) is 34.4 Å². The molecule has 4 heteroatoms. The molecule has 1 aliphatic carbocycles. The highest BCUT2D eigenvalue weighted by Crippen LogP contribution is 2.59. The van der Waals surface area contributed by atoms with Crippen LogP contribution in [0.2, 0.25) is 0 Å². The molecule has 136 valence electrons. The third-order valence-corrected chi connectivity index (χ3v) is 5.73. The zero-order valence-corrected chi connectivity index (χ0v) is 15.6. The number of carboxylic acids is 1. The van der Waals surface area contributed by atoms with Crippen LogP contribution >= 0.6 is 0 Å². The van der Waals surface area contributed by atoms with Crippen molar-refractivity contribution < 1.29 is 19.7 Å². The van der Waals surface area contributed by atoms with Gasteiger partial charge in [0, 0.05) is 11.5 Å². The van der Waals surface area contributed by atoms with Crippen molar-refractivity contribution in [1.29, 1.82) is 0 Å². The van der Waals surface area contributed by atoms with Crippen molar-refractivity contribution >= 4 is 5.97 Å². The lowest BCUT2D eigenvalue weighted by molar-refractivity contribution is 0.0692. The van der Waals surface area contributed by atoms with Crippen LogP contribution in [0.4, 0.5) is 0 Å². The van der Waals surface area contributed by atoms with Crippen molar-refractivity contribution in [1.82, 2.24) is 0 Å². The van der Waals surface area contributed by atoms with Crippen molar-refractivity contribution in [2.75, 3.05) is 0 Å². The second-order valence-electron chi connectivity index (χ2n) is 7.79. The standard InChI is InChI=1S/C21H28O4/c1-5-6-7-8-14-10-16-18(19(22)17(14)20(23)24)15-9-13(4)11-21(15,25-16)12(2)3/h10-12,15,22H,5-9H2,1-4H3,(H,23,24). The maximum atomic E-state index is 11.8. The number of ether oxygens (including phenoxy) is 1. The van der Waals surface area contributed by atoms with E-state index in [1.165, 1.54) is 5.57 Å². The minimum atomic E-state index is -1.06. The monoisotopic (exact) mass is 344 g/mol. The highest BCUT2D eigenvalue weighted by atomic mass is 16.5. The Kier molecular flexibility index (Phi) is 4.56. The quantitative estimate of drug-likeness (QED) is 0.560. The Morgan fingerprint density at radius 2 is 2.12 bits per heavy atom. The number of rotatable bonds is 6. The number of hydrogen-bond acceptors (Lipinski definition) is 3. The topological polar surface area (TPSA) is 66.8 Å². The average molecular weight is 344 g/mol. The molecule has 3 rings (SSSR count). The summed E-state index contributed by atoms with van der Waals surface area (Å²) in [5.41, 5.74) is 2.17. The summed E-state index contributed by atoms with van der Waals surface area (Å²) in [6.07, 6.45) is 6.63. The van der Waals surface area contributed by atoms with Crippen molar-refractivity contribution in [3.8, 4) is 11.5 Å². The zero-order chi connectivity index (χ0) is 18.4. The van der Waals surface area contributed by atoms with Crippen molar-refractivity contribution in [2.24, 2.45) is 5.92 Å². The molecule has 0 saturated heterocycles. The Morgan fingerprint density at radius 3 is 2.72 bits per heavy atom. The minimum absolute atomic E-state index is 0.00899. The highest BCUT2D eigenvalue weighted by molar-refractivity contribution is 5.94. The fraction of sp³-hybridized carbons (Fsp3) is 0.571. The lowest BCUT2D eigenvalue weighted by atomic mass is 9.78. The number of allylic oxidation sites excluding steroid dienone is 1. The van der Waals surface area contributed by atoms with Gasteiger partial charge in [-0.05, 0) is 49.8 Å². The van der Waals surface area contributed by atoms with Crippen LogP contribution in [0, 0.1) is 5.92 Å². The minimum Gasteiger partial charge on any atom is -0.507 e. The Bertz CT molecular complexity index is 732. The Balaban J connectivity index is 2.10. The van der Waals surface area contributed by atoms with Crippen LogP contribution in [0.1, 0.15) is 80.8 Å². The Morgan fingerprint density at radius 1 is 1.40 bits per heavy atom. The molecule has 2 N–H and O–H groups in total. The molecule has 1 aromatic rings. The number of aromatic carboxylic acids is 1. The van der Waals surface area contributed by atoms with E-state index in [4.69, 9.17) is 4.74 Å². The van der Waals surface area contributed by atoms with Gasteiger partial charge in [-0.3, -0.25) is 0 Å². The normalized spacial score (nSPS) is 24.0. The second-order valence-corrected chi connectivity index (χ2v) is 7.79. The lowest BCUT2D eigenvalue weighted by Gasteiger charge is -2.31. The number of aryl methyl sites for hydroxylation is 1. The number of unbranched alkanes of at least 4 members (excludes halogenated alkanes) is 2. The second kappa shape index (κ2) is 6.40. The summed E-state index contributed by atoms with van der Waals surface area (Å²) in [5.74, 6) is -0.260. The average Bonchev–Trinajstić information content (AvgIpc) is 2.99. The van der Waals surface area contributed by atoms with Crippen molar-refractivity contribution in [3.63, 3.8) is 0 Å². The van der Waals surface area contributed by atoms with Gasteiger partial charge >= 0.3 is 5.97 Å². The van der Waals surface area contributed by atoms with E-state index in [-0.39, 0.29) is 23.1 Å². The number of fused-ring (bicyclic) bond motifs is 3. The van der Waals surface area contributed by atoms with Gasteiger partial charge in [0.05, 0.1) is 0 Å². The first-order valence-corrected chi connectivity index (χ1v) is 9.31. The fourth-order valence-corrected chi connectivity index (χ4v) is 4.47. The number of carbonyl (C=O) groups is 1. The lowest BCUT2D eigenvalue weighted by Crippen LogP contribution is -2.38. The van der Waals surface area contributed by atoms with Crippen LogP contribution in [0.3, 0.4) is 0 Å². The summed E-state index contributed by atoms with van der Waals surface area (Å²) >= 11 is 0. The van der Waals surface area contributed by atoms with E-state index >= 15 is 0 Å². The third kappa shape index (κ3) is 2.72. The van der Waals surface area contributed by atoms with E-state index in [0.717, 1.165) is 25.7 Å². The molecule has 0 fully saturated rings. The Labute approximate surface area is 149 Å². The van der Waals surface area contributed by atoms with E-state index < -0.39 is 11.6 Å². The van der Waals surface area contributed by atoms with E-state index in [1.54, 1.807) is 0 Å².